The van der Waals surface area contributed by atoms with Crippen LogP contribution in [0.25, 0.3) is 10.9 Å². The number of aromatic nitrogens is 1. The highest BCUT2D eigenvalue weighted by molar-refractivity contribution is 5.85. The Hall–Kier alpha value is -1.81. The number of rotatable bonds is 2. The number of carboxylic acid groups (broad SMARTS) is 1. The quantitative estimate of drug-likeness (QED) is 0.854. The number of H-pyrrole nitrogens is 1. The van der Waals surface area contributed by atoms with Crippen molar-refractivity contribution >= 4 is 16.9 Å². The van der Waals surface area contributed by atoms with Gasteiger partial charge in [0.15, 0.2) is 0 Å². The van der Waals surface area contributed by atoms with Crippen molar-refractivity contribution in [3.05, 3.63) is 35.5 Å². The minimum absolute atomic E-state index is 0.0210. The van der Waals surface area contributed by atoms with Gasteiger partial charge in [0.2, 0.25) is 0 Å². The summed E-state index contributed by atoms with van der Waals surface area (Å²) < 4.78 is 5.72. The summed E-state index contributed by atoms with van der Waals surface area (Å²) in [6, 6.07) is 8.05. The molecule has 18 heavy (non-hydrogen) atoms. The number of hydrogen-bond donors (Lipinski definition) is 2. The van der Waals surface area contributed by atoms with E-state index in [9.17, 15) is 4.79 Å². The van der Waals surface area contributed by atoms with Gasteiger partial charge in [-0.15, -0.1) is 0 Å². The fraction of sp³-hybridized carbons (Fsp3) is 0.357. The molecule has 1 aromatic carbocycles. The molecule has 1 aliphatic rings. The molecular weight excluding hydrogens is 230 g/mol. The Morgan fingerprint density at radius 2 is 2.28 bits per heavy atom. The molecule has 0 aliphatic carbocycles. The minimum atomic E-state index is -0.844. The molecule has 0 saturated heterocycles. The number of benzene rings is 1. The van der Waals surface area contributed by atoms with Crippen LogP contribution in [0.2, 0.25) is 0 Å². The average Bonchev–Trinajstić information content (AvgIpc) is 2.69. The van der Waals surface area contributed by atoms with E-state index >= 15 is 0 Å². The first-order chi connectivity index (χ1) is 8.60. The van der Waals surface area contributed by atoms with Gasteiger partial charge < -0.3 is 14.8 Å². The largest absolute Gasteiger partial charge is 0.481 e. The normalized spacial score (nSPS) is 22.9. The summed E-state index contributed by atoms with van der Waals surface area (Å²) in [4.78, 5) is 14.3. The van der Waals surface area contributed by atoms with E-state index in [1.165, 1.54) is 10.9 Å². The van der Waals surface area contributed by atoms with Crippen molar-refractivity contribution in [2.45, 2.75) is 25.4 Å². The lowest BCUT2D eigenvalue weighted by Crippen LogP contribution is -2.34. The predicted octanol–water partition coefficient (Wildman–Crippen LogP) is 2.43. The van der Waals surface area contributed by atoms with Crippen LogP contribution in [-0.2, 0) is 21.6 Å². The van der Waals surface area contributed by atoms with E-state index in [2.05, 4.69) is 11.1 Å². The number of ether oxygens (including phenoxy) is 1. The maximum absolute atomic E-state index is 11.0. The topological polar surface area (TPSA) is 62.3 Å². The molecule has 0 fully saturated rings. The number of aliphatic carboxylic acids is 1. The van der Waals surface area contributed by atoms with Crippen LogP contribution in [-0.4, -0.2) is 22.7 Å². The van der Waals surface area contributed by atoms with E-state index in [0.29, 0.717) is 6.61 Å². The van der Waals surface area contributed by atoms with Gasteiger partial charge in [-0.3, -0.25) is 4.79 Å². The molecule has 94 valence electrons. The number of nitrogens with one attached hydrogen (secondary N) is 1. The Bertz CT molecular complexity index is 617. The predicted molar refractivity (Wildman–Crippen MR) is 67.6 cm³/mol. The molecule has 1 unspecified atom stereocenters. The first-order valence-corrected chi connectivity index (χ1v) is 6.06. The van der Waals surface area contributed by atoms with Crippen molar-refractivity contribution in [1.29, 1.82) is 0 Å². The van der Waals surface area contributed by atoms with E-state index in [1.54, 1.807) is 0 Å². The lowest BCUT2D eigenvalue weighted by Gasteiger charge is -2.32. The smallest absolute Gasteiger partial charge is 0.306 e. The fourth-order valence-electron chi connectivity index (χ4n) is 2.79. The second-order valence-corrected chi connectivity index (χ2v) is 4.92. The van der Waals surface area contributed by atoms with Crippen molar-refractivity contribution in [2.75, 3.05) is 6.61 Å². The first-order valence-electron chi connectivity index (χ1n) is 6.06. The van der Waals surface area contributed by atoms with Gasteiger partial charge in [-0.05, 0) is 25.0 Å². The minimum Gasteiger partial charge on any atom is -0.481 e. The molecule has 0 radical (unpaired) electrons. The zero-order valence-corrected chi connectivity index (χ0v) is 10.2. The van der Waals surface area contributed by atoms with Gasteiger partial charge in [-0.1, -0.05) is 18.2 Å². The Morgan fingerprint density at radius 1 is 1.50 bits per heavy atom. The summed E-state index contributed by atoms with van der Waals surface area (Å²) in [5, 5.41) is 10.2. The van der Waals surface area contributed by atoms with Crippen LogP contribution in [0.3, 0.4) is 0 Å². The zero-order chi connectivity index (χ0) is 12.8. The van der Waals surface area contributed by atoms with E-state index in [1.807, 2.05) is 25.1 Å². The monoisotopic (exact) mass is 245 g/mol. The molecular formula is C14H15NO3. The summed E-state index contributed by atoms with van der Waals surface area (Å²) in [5.74, 6) is -0.844. The van der Waals surface area contributed by atoms with Crippen LogP contribution in [0.4, 0.5) is 0 Å². The Morgan fingerprint density at radius 3 is 3.06 bits per heavy atom. The highest BCUT2D eigenvalue weighted by Crippen LogP contribution is 2.38. The van der Waals surface area contributed by atoms with Gasteiger partial charge in [0.25, 0.3) is 0 Å². The molecule has 1 aromatic heterocycles. The van der Waals surface area contributed by atoms with Crippen LogP contribution in [0.5, 0.6) is 0 Å². The third-order valence-corrected chi connectivity index (χ3v) is 3.60. The molecule has 0 bridgehead atoms. The Labute approximate surface area is 105 Å². The van der Waals surface area contributed by atoms with Gasteiger partial charge in [-0.2, -0.15) is 0 Å². The number of aromatic amines is 1. The van der Waals surface area contributed by atoms with Gasteiger partial charge >= 0.3 is 5.97 Å². The third kappa shape index (κ3) is 1.61. The molecule has 0 amide bonds. The van der Waals surface area contributed by atoms with Crippen molar-refractivity contribution in [1.82, 2.24) is 4.98 Å². The van der Waals surface area contributed by atoms with Crippen molar-refractivity contribution in [2.24, 2.45) is 0 Å². The van der Waals surface area contributed by atoms with Crippen LogP contribution in [0, 0.1) is 0 Å². The van der Waals surface area contributed by atoms with Gasteiger partial charge in [0.1, 0.15) is 5.60 Å². The highest BCUT2D eigenvalue weighted by atomic mass is 16.5. The van der Waals surface area contributed by atoms with E-state index < -0.39 is 11.6 Å². The molecule has 0 spiro atoms. The number of carboxylic acids is 1. The van der Waals surface area contributed by atoms with Crippen molar-refractivity contribution < 1.29 is 14.6 Å². The fourth-order valence-corrected chi connectivity index (χ4v) is 2.79. The van der Waals surface area contributed by atoms with E-state index in [0.717, 1.165) is 17.6 Å². The standard InChI is InChI=1S/C14H15NO3/c1-14(8-12(16)17)13-10(6-7-18-14)9-4-2-3-5-11(9)15-13/h2-5,15H,6-8H2,1H3,(H,16,17). The summed E-state index contributed by atoms with van der Waals surface area (Å²) in [6.07, 6.45) is 0.807. The van der Waals surface area contributed by atoms with E-state index in [4.69, 9.17) is 9.84 Å². The maximum Gasteiger partial charge on any atom is 0.306 e. The lowest BCUT2D eigenvalue weighted by molar-refractivity contribution is -0.146. The molecule has 4 nitrogen and oxygen atoms in total. The SMILES string of the molecule is CC1(CC(=O)O)OCCc2c1[nH]c1ccccc21. The molecule has 2 aromatic rings. The maximum atomic E-state index is 11.0. The lowest BCUT2D eigenvalue weighted by atomic mass is 9.90. The molecule has 1 aliphatic heterocycles. The second kappa shape index (κ2) is 3.85. The number of fused-ring (bicyclic) bond motifs is 3. The van der Waals surface area contributed by atoms with Crippen LogP contribution < -0.4 is 0 Å². The molecule has 2 heterocycles. The van der Waals surface area contributed by atoms with Crippen LogP contribution in [0.1, 0.15) is 24.6 Å². The average molecular weight is 245 g/mol. The third-order valence-electron chi connectivity index (χ3n) is 3.60. The highest BCUT2D eigenvalue weighted by Gasteiger charge is 2.37. The molecule has 4 heteroatoms. The second-order valence-electron chi connectivity index (χ2n) is 4.92. The molecule has 3 rings (SSSR count). The summed E-state index contributed by atoms with van der Waals surface area (Å²) >= 11 is 0. The summed E-state index contributed by atoms with van der Waals surface area (Å²) in [7, 11) is 0. The van der Waals surface area contributed by atoms with Crippen LogP contribution >= 0.6 is 0 Å². The van der Waals surface area contributed by atoms with E-state index in [-0.39, 0.29) is 6.42 Å². The Balaban J connectivity index is 2.18. The summed E-state index contributed by atoms with van der Waals surface area (Å²) in [6.45, 7) is 2.41. The molecule has 0 saturated carbocycles. The van der Waals surface area contributed by atoms with Gasteiger partial charge in [-0.25, -0.2) is 0 Å². The number of hydrogen-bond acceptors (Lipinski definition) is 2. The number of para-hydroxylation sites is 1. The first kappa shape index (κ1) is 11.3. The van der Waals surface area contributed by atoms with Crippen LogP contribution in [0.15, 0.2) is 24.3 Å². The zero-order valence-electron chi connectivity index (χ0n) is 10.2. The molecule has 2 N–H and O–H groups in total. The molecule has 1 atom stereocenters. The van der Waals surface area contributed by atoms with Crippen molar-refractivity contribution in [3.8, 4) is 0 Å². The number of carbonyl (C=O) groups is 1. The van der Waals surface area contributed by atoms with Gasteiger partial charge in [0, 0.05) is 10.9 Å². The van der Waals surface area contributed by atoms with Gasteiger partial charge in [0.05, 0.1) is 18.7 Å². The Kier molecular flexibility index (Phi) is 2.41. The summed E-state index contributed by atoms with van der Waals surface area (Å²) in [5.41, 5.74) is 2.40. The van der Waals surface area contributed by atoms with Crippen molar-refractivity contribution in [3.63, 3.8) is 0 Å².